The highest BCUT2D eigenvalue weighted by atomic mass is 32.1. The van der Waals surface area contributed by atoms with Crippen molar-refractivity contribution in [2.45, 2.75) is 19.9 Å². The molecule has 1 rings (SSSR count). The Hall–Kier alpha value is -0.900. The molecule has 0 radical (unpaired) electrons. The maximum Gasteiger partial charge on any atom is 0.270 e. The van der Waals surface area contributed by atoms with Crippen molar-refractivity contribution in [3.63, 3.8) is 0 Å². The van der Waals surface area contributed by atoms with Crippen LogP contribution in [0.15, 0.2) is 10.9 Å². The summed E-state index contributed by atoms with van der Waals surface area (Å²) in [5.74, 6) is -0.0961. The summed E-state index contributed by atoms with van der Waals surface area (Å²) in [5, 5.41) is 4.48. The van der Waals surface area contributed by atoms with Gasteiger partial charge in [-0.2, -0.15) is 0 Å². The second-order valence-corrected chi connectivity index (χ2v) is 3.22. The molecular formula is C7H10N2OS. The summed E-state index contributed by atoms with van der Waals surface area (Å²) in [6.45, 7) is 3.84. The molecule has 3 nitrogen and oxygen atoms in total. The maximum atomic E-state index is 11.1. The first-order chi connectivity index (χ1) is 5.20. The number of thiazole rings is 1. The number of rotatable bonds is 2. The second-order valence-electron chi connectivity index (χ2n) is 2.50. The molecule has 1 aromatic heterocycles. The van der Waals surface area contributed by atoms with E-state index in [0.717, 1.165) is 0 Å². The summed E-state index contributed by atoms with van der Waals surface area (Å²) in [4.78, 5) is 15.0. The van der Waals surface area contributed by atoms with Crippen molar-refractivity contribution in [1.29, 1.82) is 0 Å². The standard InChI is InChI=1S/C7H10N2OS/c1-5(2)9-7(10)6-3-11-4-8-6/h3-5H,1-2H3,(H,9,10). The predicted molar refractivity (Wildman–Crippen MR) is 44.7 cm³/mol. The van der Waals surface area contributed by atoms with E-state index in [1.54, 1.807) is 10.9 Å². The third-order valence-electron chi connectivity index (χ3n) is 1.08. The zero-order valence-corrected chi connectivity index (χ0v) is 7.31. The molecule has 1 heterocycles. The summed E-state index contributed by atoms with van der Waals surface area (Å²) in [6, 6.07) is 0.171. The molecule has 0 aliphatic heterocycles. The van der Waals surface area contributed by atoms with Crippen LogP contribution in [0.4, 0.5) is 0 Å². The van der Waals surface area contributed by atoms with Crippen molar-refractivity contribution in [3.8, 4) is 0 Å². The van der Waals surface area contributed by atoms with Crippen molar-refractivity contribution < 1.29 is 4.79 Å². The average molecular weight is 170 g/mol. The van der Waals surface area contributed by atoms with Gasteiger partial charge in [-0.1, -0.05) is 0 Å². The Balaban J connectivity index is 2.57. The number of hydrogen-bond acceptors (Lipinski definition) is 3. The number of amides is 1. The molecule has 0 atom stereocenters. The van der Waals surface area contributed by atoms with E-state index in [4.69, 9.17) is 0 Å². The molecule has 1 aromatic rings. The lowest BCUT2D eigenvalue weighted by atomic mass is 10.3. The van der Waals surface area contributed by atoms with Gasteiger partial charge < -0.3 is 5.32 Å². The highest BCUT2D eigenvalue weighted by molar-refractivity contribution is 7.07. The molecule has 4 heteroatoms. The second kappa shape index (κ2) is 3.48. The van der Waals surface area contributed by atoms with Crippen molar-refractivity contribution >= 4 is 17.2 Å². The topological polar surface area (TPSA) is 42.0 Å². The molecule has 60 valence electrons. The van der Waals surface area contributed by atoms with Crippen LogP contribution in [0.2, 0.25) is 0 Å². The van der Waals surface area contributed by atoms with Crippen LogP contribution in [0.25, 0.3) is 0 Å². The van der Waals surface area contributed by atoms with Crippen LogP contribution in [-0.4, -0.2) is 16.9 Å². The number of nitrogens with one attached hydrogen (secondary N) is 1. The fourth-order valence-electron chi connectivity index (χ4n) is 0.661. The van der Waals surface area contributed by atoms with Gasteiger partial charge in [0.2, 0.25) is 0 Å². The monoisotopic (exact) mass is 170 g/mol. The first kappa shape index (κ1) is 8.20. The van der Waals surface area contributed by atoms with E-state index in [1.807, 2.05) is 13.8 Å². The van der Waals surface area contributed by atoms with E-state index in [-0.39, 0.29) is 11.9 Å². The third-order valence-corrected chi connectivity index (χ3v) is 1.67. The smallest absolute Gasteiger partial charge is 0.270 e. The van der Waals surface area contributed by atoms with E-state index < -0.39 is 0 Å². The van der Waals surface area contributed by atoms with E-state index in [2.05, 4.69) is 10.3 Å². The number of aromatic nitrogens is 1. The zero-order chi connectivity index (χ0) is 8.27. The maximum absolute atomic E-state index is 11.1. The Morgan fingerprint density at radius 1 is 1.73 bits per heavy atom. The first-order valence-corrected chi connectivity index (χ1v) is 4.33. The van der Waals surface area contributed by atoms with Crippen molar-refractivity contribution in [3.05, 3.63) is 16.6 Å². The molecule has 0 aliphatic rings. The lowest BCUT2D eigenvalue weighted by Crippen LogP contribution is -2.30. The average Bonchev–Trinajstić information content (AvgIpc) is 2.35. The third kappa shape index (κ3) is 2.31. The van der Waals surface area contributed by atoms with Gasteiger partial charge in [-0.15, -0.1) is 11.3 Å². The molecule has 1 amide bonds. The van der Waals surface area contributed by atoms with Gasteiger partial charge in [-0.25, -0.2) is 4.98 Å². The van der Waals surface area contributed by atoms with Crippen LogP contribution < -0.4 is 5.32 Å². The minimum Gasteiger partial charge on any atom is -0.349 e. The first-order valence-electron chi connectivity index (χ1n) is 3.39. The SMILES string of the molecule is CC(C)NC(=O)c1cscn1. The summed E-state index contributed by atoms with van der Waals surface area (Å²) in [5.41, 5.74) is 2.15. The number of nitrogens with zero attached hydrogens (tertiary/aromatic N) is 1. The lowest BCUT2D eigenvalue weighted by Gasteiger charge is -2.04. The van der Waals surface area contributed by atoms with Gasteiger partial charge in [-0.3, -0.25) is 4.79 Å². The molecule has 0 aromatic carbocycles. The molecular weight excluding hydrogens is 160 g/mol. The molecule has 11 heavy (non-hydrogen) atoms. The number of hydrogen-bond donors (Lipinski definition) is 1. The highest BCUT2D eigenvalue weighted by Gasteiger charge is 2.07. The van der Waals surface area contributed by atoms with Gasteiger partial charge in [0.15, 0.2) is 0 Å². The van der Waals surface area contributed by atoms with Gasteiger partial charge in [0.25, 0.3) is 5.91 Å². The molecule has 0 unspecified atom stereocenters. The Morgan fingerprint density at radius 2 is 2.45 bits per heavy atom. The van der Waals surface area contributed by atoms with Gasteiger partial charge in [0.05, 0.1) is 5.51 Å². The van der Waals surface area contributed by atoms with Crippen molar-refractivity contribution in [2.75, 3.05) is 0 Å². The van der Waals surface area contributed by atoms with Crippen LogP contribution in [0.3, 0.4) is 0 Å². The molecule has 0 saturated heterocycles. The Morgan fingerprint density at radius 3 is 2.91 bits per heavy atom. The molecule has 0 saturated carbocycles. The Labute approximate surface area is 69.5 Å². The molecule has 0 aliphatic carbocycles. The fourth-order valence-corrected chi connectivity index (χ4v) is 1.19. The van der Waals surface area contributed by atoms with E-state index in [9.17, 15) is 4.79 Å². The van der Waals surface area contributed by atoms with Crippen LogP contribution in [0, 0.1) is 0 Å². The van der Waals surface area contributed by atoms with Gasteiger partial charge in [-0.05, 0) is 13.8 Å². The van der Waals surface area contributed by atoms with E-state index in [1.165, 1.54) is 11.3 Å². The van der Waals surface area contributed by atoms with Crippen molar-refractivity contribution in [1.82, 2.24) is 10.3 Å². The molecule has 1 N–H and O–H groups in total. The van der Waals surface area contributed by atoms with Gasteiger partial charge >= 0.3 is 0 Å². The largest absolute Gasteiger partial charge is 0.349 e. The van der Waals surface area contributed by atoms with Gasteiger partial charge in [0.1, 0.15) is 5.69 Å². The molecule has 0 bridgehead atoms. The predicted octanol–water partition coefficient (Wildman–Crippen LogP) is 1.28. The Bertz CT molecular complexity index is 231. The zero-order valence-electron chi connectivity index (χ0n) is 6.50. The van der Waals surface area contributed by atoms with Gasteiger partial charge in [0, 0.05) is 11.4 Å². The molecule has 0 fully saturated rings. The summed E-state index contributed by atoms with van der Waals surface area (Å²) in [6.07, 6.45) is 0. The number of carbonyl (C=O) groups excluding carboxylic acids is 1. The molecule has 0 spiro atoms. The summed E-state index contributed by atoms with van der Waals surface area (Å²) >= 11 is 1.42. The van der Waals surface area contributed by atoms with Crippen LogP contribution >= 0.6 is 11.3 Å². The summed E-state index contributed by atoms with van der Waals surface area (Å²) < 4.78 is 0. The normalized spacial score (nSPS) is 10.1. The Kier molecular flexibility index (Phi) is 2.59. The van der Waals surface area contributed by atoms with E-state index >= 15 is 0 Å². The summed E-state index contributed by atoms with van der Waals surface area (Å²) in [7, 11) is 0. The minimum atomic E-state index is -0.0961. The van der Waals surface area contributed by atoms with Crippen LogP contribution in [-0.2, 0) is 0 Å². The fraction of sp³-hybridized carbons (Fsp3) is 0.429. The highest BCUT2D eigenvalue weighted by Crippen LogP contribution is 2.00. The number of carbonyl (C=O) groups is 1. The van der Waals surface area contributed by atoms with Crippen LogP contribution in [0.5, 0.6) is 0 Å². The van der Waals surface area contributed by atoms with E-state index in [0.29, 0.717) is 5.69 Å². The van der Waals surface area contributed by atoms with Crippen LogP contribution in [0.1, 0.15) is 24.3 Å². The minimum absolute atomic E-state index is 0.0961. The quantitative estimate of drug-likeness (QED) is 0.726. The lowest BCUT2D eigenvalue weighted by molar-refractivity contribution is 0.0939. The van der Waals surface area contributed by atoms with Crippen molar-refractivity contribution in [2.24, 2.45) is 0 Å².